The Kier molecular flexibility index (Phi) is 5.16. The van der Waals surface area contributed by atoms with Gasteiger partial charge in [-0.15, -0.1) is 0 Å². The minimum absolute atomic E-state index is 0.212. The molecule has 1 aromatic carbocycles. The van der Waals surface area contributed by atoms with E-state index in [1.165, 1.54) is 12.1 Å². The van der Waals surface area contributed by atoms with Crippen LogP contribution in [0.15, 0.2) is 48.7 Å². The number of alkyl halides is 3. The van der Waals surface area contributed by atoms with Crippen LogP contribution in [0.25, 0.3) is 0 Å². The van der Waals surface area contributed by atoms with Crippen LogP contribution in [0.1, 0.15) is 11.3 Å². The van der Waals surface area contributed by atoms with Crippen LogP contribution in [-0.2, 0) is 12.7 Å². The van der Waals surface area contributed by atoms with Gasteiger partial charge in [0.25, 0.3) is 0 Å². The smallest absolute Gasteiger partial charge is 0.416 e. The molecule has 0 saturated heterocycles. The molecule has 1 aromatic heterocycles. The largest absolute Gasteiger partial charge is 0.492 e. The van der Waals surface area contributed by atoms with Crippen molar-refractivity contribution in [2.75, 3.05) is 13.2 Å². The number of nitrogens with zero attached hydrogens (tertiary/aromatic N) is 1. The lowest BCUT2D eigenvalue weighted by molar-refractivity contribution is -0.137. The van der Waals surface area contributed by atoms with Gasteiger partial charge in [0.05, 0.1) is 11.3 Å². The van der Waals surface area contributed by atoms with Crippen LogP contribution in [0.3, 0.4) is 0 Å². The van der Waals surface area contributed by atoms with E-state index in [2.05, 4.69) is 10.3 Å². The predicted octanol–water partition coefficient (Wildman–Crippen LogP) is 3.27. The topological polar surface area (TPSA) is 34.1 Å². The number of aromatic nitrogens is 1. The maximum atomic E-state index is 12.5. The van der Waals surface area contributed by atoms with Gasteiger partial charge in [-0.3, -0.25) is 4.98 Å². The zero-order valence-corrected chi connectivity index (χ0v) is 11.2. The number of halogens is 3. The summed E-state index contributed by atoms with van der Waals surface area (Å²) in [5, 5.41) is 3.11. The Hall–Kier alpha value is -2.08. The van der Waals surface area contributed by atoms with Gasteiger partial charge < -0.3 is 10.1 Å². The number of rotatable bonds is 6. The molecule has 2 rings (SSSR count). The number of pyridine rings is 1. The third-order valence-electron chi connectivity index (χ3n) is 2.74. The van der Waals surface area contributed by atoms with Crippen LogP contribution < -0.4 is 10.1 Å². The van der Waals surface area contributed by atoms with Crippen LogP contribution in [0.4, 0.5) is 13.2 Å². The number of hydrogen-bond donors (Lipinski definition) is 1. The van der Waals surface area contributed by atoms with Crippen LogP contribution >= 0.6 is 0 Å². The first-order valence-corrected chi connectivity index (χ1v) is 6.46. The normalized spacial score (nSPS) is 11.4. The molecule has 3 nitrogen and oxygen atoms in total. The average Bonchev–Trinajstić information content (AvgIpc) is 2.47. The van der Waals surface area contributed by atoms with Crippen LogP contribution in [0.5, 0.6) is 5.75 Å². The van der Waals surface area contributed by atoms with E-state index in [1.807, 2.05) is 18.2 Å². The molecule has 112 valence electrons. The highest BCUT2D eigenvalue weighted by molar-refractivity contribution is 5.30. The Morgan fingerprint density at radius 3 is 2.67 bits per heavy atom. The van der Waals surface area contributed by atoms with Gasteiger partial charge in [-0.25, -0.2) is 0 Å². The van der Waals surface area contributed by atoms with E-state index < -0.39 is 11.7 Å². The molecule has 0 bridgehead atoms. The second-order valence-electron chi connectivity index (χ2n) is 4.37. The highest BCUT2D eigenvalue weighted by Crippen LogP contribution is 2.31. The fourth-order valence-electron chi connectivity index (χ4n) is 1.72. The summed E-state index contributed by atoms with van der Waals surface area (Å²) < 4.78 is 42.9. The van der Waals surface area contributed by atoms with Crippen molar-refractivity contribution in [2.24, 2.45) is 0 Å². The highest BCUT2D eigenvalue weighted by atomic mass is 19.4. The summed E-state index contributed by atoms with van der Waals surface area (Å²) in [6.45, 7) is 1.40. The molecular weight excluding hydrogens is 281 g/mol. The van der Waals surface area contributed by atoms with Gasteiger partial charge in [0.2, 0.25) is 0 Å². The van der Waals surface area contributed by atoms with Crippen molar-refractivity contribution in [3.63, 3.8) is 0 Å². The molecule has 0 unspecified atom stereocenters. The third kappa shape index (κ3) is 5.07. The van der Waals surface area contributed by atoms with E-state index >= 15 is 0 Å². The molecule has 2 aromatic rings. The fraction of sp³-hybridized carbons (Fsp3) is 0.267. The van der Waals surface area contributed by atoms with Crippen molar-refractivity contribution in [1.29, 1.82) is 0 Å². The molecule has 0 radical (unpaired) electrons. The van der Waals surface area contributed by atoms with Gasteiger partial charge in [0.15, 0.2) is 0 Å². The third-order valence-corrected chi connectivity index (χ3v) is 2.74. The van der Waals surface area contributed by atoms with Gasteiger partial charge in [-0.05, 0) is 30.3 Å². The van der Waals surface area contributed by atoms with Crippen molar-refractivity contribution >= 4 is 0 Å². The molecule has 0 atom stereocenters. The maximum absolute atomic E-state index is 12.5. The molecule has 0 aliphatic heterocycles. The van der Waals surface area contributed by atoms with Crippen molar-refractivity contribution in [2.45, 2.75) is 12.7 Å². The van der Waals surface area contributed by atoms with Crippen molar-refractivity contribution in [1.82, 2.24) is 10.3 Å². The standard InChI is InChI=1S/C15H15F3N2O/c16-15(17,18)12-4-3-6-14(10-12)21-9-8-19-11-13-5-1-2-7-20-13/h1-7,10,19H,8-9,11H2. The summed E-state index contributed by atoms with van der Waals surface area (Å²) in [4.78, 5) is 4.14. The Morgan fingerprint density at radius 1 is 1.10 bits per heavy atom. The first-order valence-electron chi connectivity index (χ1n) is 6.46. The second-order valence-corrected chi connectivity index (χ2v) is 4.37. The molecule has 21 heavy (non-hydrogen) atoms. The molecule has 0 aliphatic carbocycles. The van der Waals surface area contributed by atoms with Crippen LogP contribution in [0.2, 0.25) is 0 Å². The average molecular weight is 296 g/mol. The number of benzene rings is 1. The van der Waals surface area contributed by atoms with Crippen LogP contribution in [-0.4, -0.2) is 18.1 Å². The lowest BCUT2D eigenvalue weighted by Gasteiger charge is -2.10. The Balaban J connectivity index is 1.74. The summed E-state index contributed by atoms with van der Waals surface area (Å²) in [6.07, 6.45) is -2.65. The predicted molar refractivity (Wildman–Crippen MR) is 72.9 cm³/mol. The van der Waals surface area contributed by atoms with E-state index in [4.69, 9.17) is 4.74 Å². The van der Waals surface area contributed by atoms with Gasteiger partial charge in [0.1, 0.15) is 12.4 Å². The molecule has 0 aliphatic rings. The zero-order valence-electron chi connectivity index (χ0n) is 11.2. The minimum atomic E-state index is -4.35. The molecule has 1 N–H and O–H groups in total. The van der Waals surface area contributed by atoms with E-state index in [0.717, 1.165) is 17.8 Å². The Bertz CT molecular complexity index is 558. The van der Waals surface area contributed by atoms with Crippen LogP contribution in [0, 0.1) is 0 Å². The summed E-state index contributed by atoms with van der Waals surface area (Å²) >= 11 is 0. The van der Waals surface area contributed by atoms with Crippen molar-refractivity contribution in [3.8, 4) is 5.75 Å². The monoisotopic (exact) mass is 296 g/mol. The first kappa shape index (κ1) is 15.3. The maximum Gasteiger partial charge on any atom is 0.416 e. The molecule has 6 heteroatoms. The lowest BCUT2D eigenvalue weighted by Crippen LogP contribution is -2.21. The number of ether oxygens (including phenoxy) is 1. The highest BCUT2D eigenvalue weighted by Gasteiger charge is 2.30. The molecule has 0 spiro atoms. The number of hydrogen-bond acceptors (Lipinski definition) is 3. The van der Waals surface area contributed by atoms with E-state index in [9.17, 15) is 13.2 Å². The SMILES string of the molecule is FC(F)(F)c1cccc(OCCNCc2ccccn2)c1. The lowest BCUT2D eigenvalue weighted by atomic mass is 10.2. The Morgan fingerprint density at radius 2 is 1.95 bits per heavy atom. The molecule has 0 fully saturated rings. The molecule has 0 saturated carbocycles. The fourth-order valence-corrected chi connectivity index (χ4v) is 1.72. The summed E-state index contributed by atoms with van der Waals surface area (Å²) in [6, 6.07) is 10.5. The first-order chi connectivity index (χ1) is 10.1. The van der Waals surface area contributed by atoms with Gasteiger partial charge in [0, 0.05) is 19.3 Å². The summed E-state index contributed by atoms with van der Waals surface area (Å²) in [7, 11) is 0. The quantitative estimate of drug-likeness (QED) is 0.831. The number of nitrogens with one attached hydrogen (secondary N) is 1. The Labute approximate surface area is 120 Å². The summed E-state index contributed by atoms with van der Waals surface area (Å²) in [5.41, 5.74) is 0.193. The molecular formula is C15H15F3N2O. The minimum Gasteiger partial charge on any atom is -0.492 e. The zero-order chi connectivity index (χ0) is 15.1. The van der Waals surface area contributed by atoms with Gasteiger partial charge >= 0.3 is 6.18 Å². The van der Waals surface area contributed by atoms with Gasteiger partial charge in [-0.1, -0.05) is 12.1 Å². The molecule has 1 heterocycles. The van der Waals surface area contributed by atoms with Crippen molar-refractivity contribution < 1.29 is 17.9 Å². The van der Waals surface area contributed by atoms with E-state index in [0.29, 0.717) is 13.1 Å². The van der Waals surface area contributed by atoms with Crippen molar-refractivity contribution in [3.05, 3.63) is 59.9 Å². The van der Waals surface area contributed by atoms with E-state index in [-0.39, 0.29) is 12.4 Å². The summed E-state index contributed by atoms with van der Waals surface area (Å²) in [5.74, 6) is 0.212. The second kappa shape index (κ2) is 7.08. The van der Waals surface area contributed by atoms with E-state index in [1.54, 1.807) is 6.20 Å². The van der Waals surface area contributed by atoms with Gasteiger partial charge in [-0.2, -0.15) is 13.2 Å². The molecule has 0 amide bonds.